The van der Waals surface area contributed by atoms with E-state index in [-0.39, 0.29) is 6.42 Å². The molecule has 0 atom stereocenters. The Morgan fingerprint density at radius 3 is 2.32 bits per heavy atom. The van der Waals surface area contributed by atoms with Gasteiger partial charge in [-0.2, -0.15) is 5.10 Å². The average molecular weight is 260 g/mol. The van der Waals surface area contributed by atoms with E-state index in [1.54, 1.807) is 11.6 Å². The molecule has 0 bridgehead atoms. The molecule has 0 aliphatic carbocycles. The zero-order valence-electron chi connectivity index (χ0n) is 11.4. The van der Waals surface area contributed by atoms with E-state index in [9.17, 15) is 4.79 Å². The predicted molar refractivity (Wildman–Crippen MR) is 69.4 cm³/mol. The van der Waals surface area contributed by atoms with Gasteiger partial charge in [-0.1, -0.05) is 0 Å². The first-order valence-electron chi connectivity index (χ1n) is 5.98. The van der Waals surface area contributed by atoms with Gasteiger partial charge in [0.1, 0.15) is 0 Å². The molecule has 0 aliphatic heterocycles. The molecule has 2 aromatic heterocycles. The van der Waals surface area contributed by atoms with Crippen LogP contribution >= 0.6 is 0 Å². The van der Waals surface area contributed by atoms with Gasteiger partial charge in [-0.3, -0.25) is 4.79 Å². The van der Waals surface area contributed by atoms with Gasteiger partial charge in [-0.15, -0.1) is 0 Å². The molecule has 19 heavy (non-hydrogen) atoms. The van der Waals surface area contributed by atoms with E-state index in [1.807, 2.05) is 26.8 Å². The number of aliphatic carboxylic acids is 1. The molecule has 0 aliphatic rings. The van der Waals surface area contributed by atoms with Gasteiger partial charge in [0.25, 0.3) is 5.95 Å². The highest BCUT2D eigenvalue weighted by Crippen LogP contribution is 2.17. The maximum absolute atomic E-state index is 10.9. The smallest absolute Gasteiger partial charge is 0.307 e. The minimum atomic E-state index is -0.868. The van der Waals surface area contributed by atoms with E-state index in [0.717, 1.165) is 22.6 Å². The van der Waals surface area contributed by atoms with Gasteiger partial charge in [0.15, 0.2) is 0 Å². The molecule has 0 spiro atoms. The number of aryl methyl sites for hydroxylation is 3. The second-order valence-corrected chi connectivity index (χ2v) is 4.58. The summed E-state index contributed by atoms with van der Waals surface area (Å²) in [7, 11) is 0. The predicted octanol–water partition coefficient (Wildman–Crippen LogP) is 1.52. The van der Waals surface area contributed by atoms with Gasteiger partial charge >= 0.3 is 5.97 Å². The molecule has 2 heterocycles. The highest BCUT2D eigenvalue weighted by molar-refractivity contribution is 5.71. The van der Waals surface area contributed by atoms with Crippen LogP contribution in [0.4, 0.5) is 0 Å². The summed E-state index contributed by atoms with van der Waals surface area (Å²) in [5.74, 6) is -0.387. The largest absolute Gasteiger partial charge is 0.481 e. The van der Waals surface area contributed by atoms with Crippen molar-refractivity contribution in [3.63, 3.8) is 0 Å². The van der Waals surface area contributed by atoms with E-state index < -0.39 is 5.97 Å². The third kappa shape index (κ3) is 2.62. The van der Waals surface area contributed by atoms with Crippen molar-refractivity contribution >= 4 is 5.97 Å². The minimum absolute atomic E-state index is 0.0392. The molecular formula is C13H16N4O2. The van der Waals surface area contributed by atoms with Crippen LogP contribution in [0.25, 0.3) is 5.95 Å². The lowest BCUT2D eigenvalue weighted by Crippen LogP contribution is -2.08. The van der Waals surface area contributed by atoms with Crippen molar-refractivity contribution in [3.8, 4) is 5.95 Å². The molecule has 0 saturated heterocycles. The first kappa shape index (κ1) is 13.2. The molecule has 0 aromatic carbocycles. The van der Waals surface area contributed by atoms with Crippen LogP contribution < -0.4 is 0 Å². The van der Waals surface area contributed by atoms with Gasteiger partial charge < -0.3 is 5.11 Å². The fourth-order valence-electron chi connectivity index (χ4n) is 2.08. The number of rotatable bonds is 3. The Balaban J connectivity index is 2.54. The van der Waals surface area contributed by atoms with Crippen molar-refractivity contribution in [3.05, 3.63) is 34.4 Å². The van der Waals surface area contributed by atoms with Crippen LogP contribution in [0, 0.1) is 27.7 Å². The third-order valence-electron chi connectivity index (χ3n) is 2.93. The van der Waals surface area contributed by atoms with Gasteiger partial charge in [-0.25, -0.2) is 14.6 Å². The van der Waals surface area contributed by atoms with Crippen molar-refractivity contribution < 1.29 is 9.90 Å². The van der Waals surface area contributed by atoms with E-state index in [0.29, 0.717) is 11.6 Å². The summed E-state index contributed by atoms with van der Waals surface area (Å²) in [4.78, 5) is 19.5. The van der Waals surface area contributed by atoms with Crippen LogP contribution in [0.15, 0.2) is 6.07 Å². The van der Waals surface area contributed by atoms with Crippen LogP contribution in [-0.2, 0) is 11.2 Å². The monoisotopic (exact) mass is 260 g/mol. The summed E-state index contributed by atoms with van der Waals surface area (Å²) in [5.41, 5.74) is 3.90. The number of hydrogen-bond acceptors (Lipinski definition) is 4. The Morgan fingerprint density at radius 1 is 1.21 bits per heavy atom. The van der Waals surface area contributed by atoms with E-state index in [1.165, 1.54) is 0 Å². The molecule has 6 heteroatoms. The number of carbonyl (C=O) groups is 1. The van der Waals surface area contributed by atoms with E-state index in [4.69, 9.17) is 5.11 Å². The van der Waals surface area contributed by atoms with Crippen LogP contribution in [0.5, 0.6) is 0 Å². The number of aromatic nitrogens is 4. The molecule has 2 aromatic rings. The quantitative estimate of drug-likeness (QED) is 0.905. The van der Waals surface area contributed by atoms with Crippen LogP contribution in [0.1, 0.15) is 28.3 Å². The molecule has 2 rings (SSSR count). The van der Waals surface area contributed by atoms with Crippen molar-refractivity contribution in [1.29, 1.82) is 0 Å². The van der Waals surface area contributed by atoms with Crippen LogP contribution in [0.3, 0.4) is 0 Å². The average Bonchev–Trinajstić information content (AvgIpc) is 2.55. The maximum Gasteiger partial charge on any atom is 0.307 e. The van der Waals surface area contributed by atoms with Crippen LogP contribution in [0.2, 0.25) is 0 Å². The summed E-state index contributed by atoms with van der Waals surface area (Å²) in [6.07, 6.45) is -0.0392. The summed E-state index contributed by atoms with van der Waals surface area (Å²) in [6.45, 7) is 7.41. The topological polar surface area (TPSA) is 80.9 Å². The summed E-state index contributed by atoms with van der Waals surface area (Å²) in [5, 5.41) is 13.3. The Morgan fingerprint density at radius 2 is 1.79 bits per heavy atom. The molecular weight excluding hydrogens is 244 g/mol. The second-order valence-electron chi connectivity index (χ2n) is 4.58. The summed E-state index contributed by atoms with van der Waals surface area (Å²) < 4.78 is 1.60. The number of carboxylic acid groups (broad SMARTS) is 1. The molecule has 0 unspecified atom stereocenters. The first-order chi connectivity index (χ1) is 8.88. The number of carboxylic acids is 1. The maximum atomic E-state index is 10.9. The van der Waals surface area contributed by atoms with E-state index >= 15 is 0 Å². The van der Waals surface area contributed by atoms with Crippen molar-refractivity contribution in [2.75, 3.05) is 0 Å². The molecule has 1 N–H and O–H groups in total. The molecule has 0 fully saturated rings. The normalized spacial score (nSPS) is 10.7. The first-order valence-corrected chi connectivity index (χ1v) is 5.98. The highest BCUT2D eigenvalue weighted by Gasteiger charge is 2.16. The lowest BCUT2D eigenvalue weighted by molar-refractivity contribution is -0.136. The highest BCUT2D eigenvalue weighted by atomic mass is 16.4. The third-order valence-corrected chi connectivity index (χ3v) is 2.93. The van der Waals surface area contributed by atoms with Crippen LogP contribution in [-0.4, -0.2) is 30.8 Å². The van der Waals surface area contributed by atoms with Crippen molar-refractivity contribution in [1.82, 2.24) is 19.7 Å². The van der Waals surface area contributed by atoms with Crippen molar-refractivity contribution in [2.45, 2.75) is 34.1 Å². The molecule has 0 saturated carbocycles. The SMILES string of the molecule is Cc1cc(C)nc(-n2nc(C)c(CC(=O)O)c2C)n1. The van der Waals surface area contributed by atoms with Gasteiger partial charge in [0, 0.05) is 22.6 Å². The molecule has 100 valence electrons. The zero-order valence-corrected chi connectivity index (χ0v) is 11.4. The number of hydrogen-bond donors (Lipinski definition) is 1. The van der Waals surface area contributed by atoms with Gasteiger partial charge in [0.05, 0.1) is 12.1 Å². The standard InChI is InChI=1S/C13H16N4O2/c1-7-5-8(2)15-13(14-7)17-10(4)11(6-12(18)19)9(3)16-17/h5H,6H2,1-4H3,(H,18,19). The van der Waals surface area contributed by atoms with Gasteiger partial charge in [0.2, 0.25) is 0 Å². The van der Waals surface area contributed by atoms with Crippen molar-refractivity contribution in [2.24, 2.45) is 0 Å². The Hall–Kier alpha value is -2.24. The minimum Gasteiger partial charge on any atom is -0.481 e. The van der Waals surface area contributed by atoms with E-state index in [2.05, 4.69) is 15.1 Å². The van der Waals surface area contributed by atoms with Gasteiger partial charge in [-0.05, 0) is 33.8 Å². The lowest BCUT2D eigenvalue weighted by atomic mass is 10.1. The Bertz CT molecular complexity index is 626. The lowest BCUT2D eigenvalue weighted by Gasteiger charge is -2.05. The molecule has 6 nitrogen and oxygen atoms in total. The Kier molecular flexibility index (Phi) is 3.33. The second kappa shape index (κ2) is 4.79. The summed E-state index contributed by atoms with van der Waals surface area (Å²) in [6, 6.07) is 1.88. The Labute approximate surface area is 111 Å². The number of nitrogens with zero attached hydrogens (tertiary/aromatic N) is 4. The molecule has 0 amide bonds. The zero-order chi connectivity index (χ0) is 14.2. The summed E-state index contributed by atoms with van der Waals surface area (Å²) >= 11 is 0. The molecule has 0 radical (unpaired) electrons. The fourth-order valence-corrected chi connectivity index (χ4v) is 2.08. The fraction of sp³-hybridized carbons (Fsp3) is 0.385.